The monoisotopic (exact) mass is 593 g/mol. The fourth-order valence-corrected chi connectivity index (χ4v) is 4.44. The number of hydrogen-bond donors (Lipinski definition) is 0. The van der Waals surface area contributed by atoms with Crippen LogP contribution in [0.5, 0.6) is 0 Å². The van der Waals surface area contributed by atoms with Crippen molar-refractivity contribution in [2.24, 2.45) is 9.98 Å². The number of aryl methyl sites for hydroxylation is 1. The molecule has 0 saturated heterocycles. The first-order valence-corrected chi connectivity index (χ1v) is 12.9. The van der Waals surface area contributed by atoms with Crippen LogP contribution in [0.2, 0.25) is 0 Å². The first-order valence-electron chi connectivity index (χ1n) is 12.9. The number of aromatic nitrogens is 1. The van der Waals surface area contributed by atoms with Gasteiger partial charge in [-0.15, -0.1) is 0 Å². The van der Waals surface area contributed by atoms with E-state index < -0.39 is 0 Å². The molecule has 3 aromatic rings. The van der Waals surface area contributed by atoms with Crippen LogP contribution in [0.1, 0.15) is 118 Å². The maximum atomic E-state index is 4.96. The number of para-hydroxylation sites is 2. The van der Waals surface area contributed by atoms with Gasteiger partial charge in [-0.05, 0) is 70.5 Å². The maximum absolute atomic E-state index is 4.96. The molecular formula is C32H41Cl2FeN3. The first kappa shape index (κ1) is 36.0. The summed E-state index contributed by atoms with van der Waals surface area (Å²) in [5, 5.41) is 0. The molecule has 1 heterocycles. The largest absolute Gasteiger partial charge is 2.00 e. The third-order valence-electron chi connectivity index (χ3n) is 6.35. The van der Waals surface area contributed by atoms with Crippen molar-refractivity contribution in [3.8, 4) is 0 Å². The topological polar surface area (TPSA) is 37.6 Å². The molecule has 0 aliphatic heterocycles. The van der Waals surface area contributed by atoms with Gasteiger partial charge in [0.25, 0.3) is 0 Å². The van der Waals surface area contributed by atoms with Crippen LogP contribution in [-0.2, 0) is 17.1 Å². The Morgan fingerprint density at radius 2 is 0.868 bits per heavy atom. The number of hydrogen-bond acceptors (Lipinski definition) is 3. The van der Waals surface area contributed by atoms with Crippen molar-refractivity contribution >= 4 is 23.8 Å². The molecule has 0 bridgehead atoms. The van der Waals surface area contributed by atoms with E-state index in [1.54, 1.807) is 0 Å². The van der Waals surface area contributed by atoms with E-state index in [-0.39, 0.29) is 41.9 Å². The second-order valence-corrected chi connectivity index (χ2v) is 10.7. The molecule has 0 spiro atoms. The van der Waals surface area contributed by atoms with E-state index in [0.29, 0.717) is 23.7 Å². The van der Waals surface area contributed by atoms with Crippen LogP contribution in [0, 0.1) is 6.92 Å². The van der Waals surface area contributed by atoms with Gasteiger partial charge in [-0.1, -0.05) is 91.8 Å². The van der Waals surface area contributed by atoms with Gasteiger partial charge in [-0.25, -0.2) is 4.98 Å². The van der Waals surface area contributed by atoms with Crippen molar-refractivity contribution in [1.29, 1.82) is 0 Å². The van der Waals surface area contributed by atoms with Crippen LogP contribution in [0.25, 0.3) is 0 Å². The van der Waals surface area contributed by atoms with Crippen molar-refractivity contribution in [2.45, 2.75) is 86.0 Å². The van der Waals surface area contributed by atoms with Gasteiger partial charge in [-0.2, -0.15) is 0 Å². The van der Waals surface area contributed by atoms with E-state index in [9.17, 15) is 0 Å². The van der Waals surface area contributed by atoms with Gasteiger partial charge in [0.05, 0.1) is 35.2 Å². The molecule has 3 rings (SSSR count). The zero-order valence-corrected chi connectivity index (χ0v) is 26.7. The molecule has 0 aliphatic rings. The van der Waals surface area contributed by atoms with Crippen molar-refractivity contribution in [3.05, 3.63) is 87.7 Å². The van der Waals surface area contributed by atoms with E-state index in [4.69, 9.17) is 15.0 Å². The number of halogens is 2. The Balaban J connectivity index is 0.00000456. The van der Waals surface area contributed by atoms with Crippen molar-refractivity contribution < 1.29 is 41.9 Å². The Morgan fingerprint density at radius 3 is 1.13 bits per heavy atom. The van der Waals surface area contributed by atoms with Crippen LogP contribution >= 0.6 is 0 Å². The second kappa shape index (κ2) is 16.2. The van der Waals surface area contributed by atoms with E-state index in [1.807, 2.05) is 12.4 Å². The average molecular weight is 594 g/mol. The number of pyridine rings is 1. The predicted octanol–water partition coefficient (Wildman–Crippen LogP) is 3.39. The molecule has 0 unspecified atom stereocenters. The summed E-state index contributed by atoms with van der Waals surface area (Å²) in [7, 11) is 0. The van der Waals surface area contributed by atoms with Crippen molar-refractivity contribution in [3.63, 3.8) is 0 Å². The third kappa shape index (κ3) is 9.06. The van der Waals surface area contributed by atoms with Crippen LogP contribution in [0.4, 0.5) is 11.4 Å². The minimum absolute atomic E-state index is 0. The summed E-state index contributed by atoms with van der Waals surface area (Å²) in [6.45, 7) is 19.9. The molecule has 6 heteroatoms. The van der Waals surface area contributed by atoms with Crippen LogP contribution in [-0.4, -0.2) is 17.4 Å². The molecule has 1 aromatic heterocycles. The Morgan fingerprint density at radius 1 is 0.579 bits per heavy atom. The Bertz CT molecular complexity index is 1090. The van der Waals surface area contributed by atoms with Crippen molar-refractivity contribution in [1.82, 2.24) is 4.98 Å². The van der Waals surface area contributed by atoms with Gasteiger partial charge in [0.15, 0.2) is 0 Å². The van der Waals surface area contributed by atoms with Crippen molar-refractivity contribution in [2.75, 3.05) is 0 Å². The number of aliphatic imine (C=N–C) groups is 2. The van der Waals surface area contributed by atoms with Gasteiger partial charge in [-0.3, -0.25) is 9.98 Å². The van der Waals surface area contributed by atoms with Crippen LogP contribution in [0.3, 0.4) is 0 Å². The molecule has 0 saturated carbocycles. The quantitative estimate of drug-likeness (QED) is 0.291. The average Bonchev–Trinajstić information content (AvgIpc) is 2.80. The van der Waals surface area contributed by atoms with Crippen LogP contribution in [0.15, 0.2) is 58.5 Å². The van der Waals surface area contributed by atoms with E-state index in [1.165, 1.54) is 22.3 Å². The summed E-state index contributed by atoms with van der Waals surface area (Å²) in [4.78, 5) is 14.8. The Hall–Kier alpha value is -1.97. The van der Waals surface area contributed by atoms with Crippen LogP contribution < -0.4 is 24.8 Å². The Labute approximate surface area is 253 Å². The summed E-state index contributed by atoms with van der Waals surface area (Å²) < 4.78 is 0. The molecule has 0 amide bonds. The fourth-order valence-electron chi connectivity index (χ4n) is 4.44. The molecule has 38 heavy (non-hydrogen) atoms. The minimum Gasteiger partial charge on any atom is -1.00 e. The third-order valence-corrected chi connectivity index (χ3v) is 6.35. The Kier molecular flexibility index (Phi) is 15.4. The molecule has 0 fully saturated rings. The minimum atomic E-state index is 0. The molecule has 3 nitrogen and oxygen atoms in total. The first-order chi connectivity index (χ1) is 16.6. The zero-order chi connectivity index (χ0) is 25.7. The van der Waals surface area contributed by atoms with Gasteiger partial charge in [0, 0.05) is 0 Å². The van der Waals surface area contributed by atoms with E-state index in [2.05, 4.69) is 111 Å². The second-order valence-electron chi connectivity index (χ2n) is 10.7. The van der Waals surface area contributed by atoms with Gasteiger partial charge < -0.3 is 24.8 Å². The smallest absolute Gasteiger partial charge is 1.00 e. The molecule has 0 N–H and O–H groups in total. The molecule has 0 aliphatic carbocycles. The maximum Gasteiger partial charge on any atom is 2.00 e. The predicted molar refractivity (Wildman–Crippen MR) is 153 cm³/mol. The standard InChI is InChI=1S/C32H41N3.2ClH.Fe/c1-20(2)27-12-10-13-28(21(3)4)31(27)33-18-25-16-24(9)17-26(35-25)19-34-32-29(22(5)6)14-11-15-30(32)23(7)8;;;/h10-23H,1-9H3;2*1H;/q;;;+2/p-2. The normalized spacial score (nSPS) is 11.4. The number of benzene rings is 2. The molecule has 2 aromatic carbocycles. The van der Waals surface area contributed by atoms with Gasteiger partial charge in [0.2, 0.25) is 0 Å². The van der Waals surface area contributed by atoms with Gasteiger partial charge in [0.1, 0.15) is 0 Å². The number of rotatable bonds is 8. The van der Waals surface area contributed by atoms with E-state index >= 15 is 0 Å². The summed E-state index contributed by atoms with van der Waals surface area (Å²) in [6.07, 6.45) is 3.80. The molecule has 206 valence electrons. The summed E-state index contributed by atoms with van der Waals surface area (Å²) in [5.41, 5.74) is 10.1. The van der Waals surface area contributed by atoms with Gasteiger partial charge >= 0.3 is 17.1 Å². The molecule has 0 radical (unpaired) electrons. The molecular weight excluding hydrogens is 553 g/mol. The zero-order valence-electron chi connectivity index (χ0n) is 24.0. The molecule has 0 atom stereocenters. The SMILES string of the molecule is Cc1cc(C=Nc2c(C(C)C)cccc2C(C)C)nc(C=Nc2c(C(C)C)cccc2C(C)C)c1.[Cl-].[Cl-].[Fe+2]. The summed E-state index contributed by atoms with van der Waals surface area (Å²) in [5.74, 6) is 1.63. The summed E-state index contributed by atoms with van der Waals surface area (Å²) in [6, 6.07) is 17.2. The fraction of sp³-hybridized carbons (Fsp3) is 0.406. The number of nitrogens with zero attached hydrogens (tertiary/aromatic N) is 3. The van der Waals surface area contributed by atoms with E-state index in [0.717, 1.165) is 28.3 Å². The summed E-state index contributed by atoms with van der Waals surface area (Å²) >= 11 is 0.